The van der Waals surface area contributed by atoms with Crippen LogP contribution in [-0.2, 0) is 6.54 Å². The van der Waals surface area contributed by atoms with Gasteiger partial charge in [-0.2, -0.15) is 4.39 Å². The lowest BCUT2D eigenvalue weighted by molar-refractivity contribution is 0.181. The van der Waals surface area contributed by atoms with E-state index in [0.29, 0.717) is 31.0 Å². The molecule has 0 saturated carbocycles. The van der Waals surface area contributed by atoms with Gasteiger partial charge in [0.2, 0.25) is 11.8 Å². The van der Waals surface area contributed by atoms with Gasteiger partial charge in [0, 0.05) is 31.0 Å². The van der Waals surface area contributed by atoms with Gasteiger partial charge in [0.05, 0.1) is 12.6 Å². The maximum absolute atomic E-state index is 14.6. The Morgan fingerprint density at radius 3 is 2.59 bits per heavy atom. The molecule has 27 heavy (non-hydrogen) atoms. The molecular formula is C20H19FN4O2. The number of β-amino-alcohol motifs (C(OH)–C–C–N with tert-alkyl or cyclic N) is 1. The number of anilines is 1. The van der Waals surface area contributed by atoms with Crippen LogP contribution in [0.3, 0.4) is 0 Å². The fourth-order valence-corrected chi connectivity index (χ4v) is 3.35. The Hall–Kier alpha value is -3.06. The molecule has 1 atom stereocenters. The quantitative estimate of drug-likeness (QED) is 0.768. The molecule has 0 amide bonds. The third-order valence-corrected chi connectivity index (χ3v) is 4.72. The SMILES string of the molecule is O=c1c(F)c(-c2ccncc2)nc2n1CCCN2C[C@H](O)c1ccccc1. The minimum absolute atomic E-state index is 0.00903. The van der Waals surface area contributed by atoms with Crippen molar-refractivity contribution in [3.63, 3.8) is 0 Å². The van der Waals surface area contributed by atoms with Crippen molar-refractivity contribution in [2.75, 3.05) is 18.0 Å². The Bertz CT molecular complexity index is 992. The molecule has 1 aromatic carbocycles. The van der Waals surface area contributed by atoms with Gasteiger partial charge in [-0.15, -0.1) is 0 Å². The Labute approximate surface area is 155 Å². The van der Waals surface area contributed by atoms with Crippen molar-refractivity contribution in [3.8, 4) is 11.3 Å². The molecule has 0 radical (unpaired) electrons. The molecule has 1 aliphatic heterocycles. The standard InChI is InChI=1S/C20H19FN4O2/c21-17-18(15-7-9-22-10-8-15)23-20-24(11-4-12-25(20)19(17)27)13-16(26)14-5-2-1-3-6-14/h1-3,5-10,16,26H,4,11-13H2/t16-/m0/s1. The number of benzene rings is 1. The number of pyridine rings is 1. The van der Waals surface area contributed by atoms with Crippen molar-refractivity contribution >= 4 is 5.95 Å². The summed E-state index contributed by atoms with van der Waals surface area (Å²) >= 11 is 0. The number of halogens is 1. The number of hydrogen-bond acceptors (Lipinski definition) is 5. The Kier molecular flexibility index (Phi) is 4.68. The molecule has 4 rings (SSSR count). The highest BCUT2D eigenvalue weighted by molar-refractivity contribution is 5.60. The van der Waals surface area contributed by atoms with Crippen LogP contribution in [0.5, 0.6) is 0 Å². The second-order valence-corrected chi connectivity index (χ2v) is 6.49. The monoisotopic (exact) mass is 366 g/mol. The summed E-state index contributed by atoms with van der Waals surface area (Å²) in [6.45, 7) is 1.32. The molecule has 6 nitrogen and oxygen atoms in total. The average Bonchev–Trinajstić information content (AvgIpc) is 2.72. The molecule has 2 aromatic heterocycles. The lowest BCUT2D eigenvalue weighted by Crippen LogP contribution is -2.41. The van der Waals surface area contributed by atoms with E-state index in [0.717, 1.165) is 5.56 Å². The van der Waals surface area contributed by atoms with E-state index >= 15 is 0 Å². The van der Waals surface area contributed by atoms with E-state index in [1.54, 1.807) is 12.1 Å². The highest BCUT2D eigenvalue weighted by atomic mass is 19.1. The molecular weight excluding hydrogens is 347 g/mol. The van der Waals surface area contributed by atoms with Gasteiger partial charge in [-0.25, -0.2) is 4.98 Å². The number of aliphatic hydroxyl groups excluding tert-OH is 1. The molecule has 0 unspecified atom stereocenters. The zero-order chi connectivity index (χ0) is 18.8. The van der Waals surface area contributed by atoms with Crippen LogP contribution in [0.1, 0.15) is 18.1 Å². The fraction of sp³-hybridized carbons (Fsp3) is 0.250. The highest BCUT2D eigenvalue weighted by Gasteiger charge is 2.26. The Balaban J connectivity index is 1.73. The number of aromatic nitrogens is 3. The van der Waals surface area contributed by atoms with E-state index in [2.05, 4.69) is 9.97 Å². The number of hydrogen-bond donors (Lipinski definition) is 1. The number of nitrogens with zero attached hydrogens (tertiary/aromatic N) is 4. The van der Waals surface area contributed by atoms with Crippen LogP contribution in [0.15, 0.2) is 59.7 Å². The van der Waals surface area contributed by atoms with Crippen molar-refractivity contribution in [2.45, 2.75) is 19.1 Å². The van der Waals surface area contributed by atoms with E-state index in [9.17, 15) is 14.3 Å². The van der Waals surface area contributed by atoms with E-state index in [1.165, 1.54) is 17.0 Å². The minimum Gasteiger partial charge on any atom is -0.387 e. The van der Waals surface area contributed by atoms with Crippen LogP contribution in [0.2, 0.25) is 0 Å². The molecule has 1 N–H and O–H groups in total. The van der Waals surface area contributed by atoms with Crippen LogP contribution in [-0.4, -0.2) is 32.7 Å². The number of aliphatic hydroxyl groups is 1. The van der Waals surface area contributed by atoms with E-state index in [1.807, 2.05) is 35.2 Å². The highest BCUT2D eigenvalue weighted by Crippen LogP contribution is 2.25. The average molecular weight is 366 g/mol. The van der Waals surface area contributed by atoms with Crippen LogP contribution in [0, 0.1) is 5.82 Å². The van der Waals surface area contributed by atoms with Crippen LogP contribution in [0.4, 0.5) is 10.3 Å². The predicted octanol–water partition coefficient (Wildman–Crippen LogP) is 2.39. The van der Waals surface area contributed by atoms with Crippen molar-refractivity contribution in [1.82, 2.24) is 14.5 Å². The van der Waals surface area contributed by atoms with E-state index in [-0.39, 0.29) is 12.2 Å². The summed E-state index contributed by atoms with van der Waals surface area (Å²) in [5, 5.41) is 10.6. The van der Waals surface area contributed by atoms with Crippen LogP contribution in [0.25, 0.3) is 11.3 Å². The molecule has 7 heteroatoms. The van der Waals surface area contributed by atoms with E-state index in [4.69, 9.17) is 0 Å². The first-order chi connectivity index (χ1) is 13.1. The van der Waals surface area contributed by atoms with E-state index < -0.39 is 17.5 Å². The predicted molar refractivity (Wildman–Crippen MR) is 99.9 cm³/mol. The molecule has 0 aliphatic carbocycles. The van der Waals surface area contributed by atoms with Gasteiger partial charge in [-0.1, -0.05) is 30.3 Å². The summed E-state index contributed by atoms with van der Waals surface area (Å²) in [6, 6.07) is 12.5. The topological polar surface area (TPSA) is 71.2 Å². The summed E-state index contributed by atoms with van der Waals surface area (Å²) in [5.74, 6) is -0.482. The first kappa shape index (κ1) is 17.4. The first-order valence-electron chi connectivity index (χ1n) is 8.84. The molecule has 0 saturated heterocycles. The summed E-state index contributed by atoms with van der Waals surface area (Å²) in [7, 11) is 0. The molecule has 1 aliphatic rings. The number of fused-ring (bicyclic) bond motifs is 1. The number of rotatable bonds is 4. The molecule has 0 bridgehead atoms. The van der Waals surface area contributed by atoms with Gasteiger partial charge >= 0.3 is 0 Å². The third kappa shape index (κ3) is 3.33. The van der Waals surface area contributed by atoms with Gasteiger partial charge in [-0.3, -0.25) is 14.3 Å². The lowest BCUT2D eigenvalue weighted by atomic mass is 10.1. The van der Waals surface area contributed by atoms with Gasteiger partial charge in [0.1, 0.15) is 5.69 Å². The maximum Gasteiger partial charge on any atom is 0.291 e. The van der Waals surface area contributed by atoms with Gasteiger partial charge in [0.25, 0.3) is 5.56 Å². The van der Waals surface area contributed by atoms with Gasteiger partial charge < -0.3 is 10.0 Å². The second kappa shape index (κ2) is 7.28. The lowest BCUT2D eigenvalue weighted by Gasteiger charge is -2.32. The largest absolute Gasteiger partial charge is 0.387 e. The minimum atomic E-state index is -0.865. The third-order valence-electron chi connectivity index (χ3n) is 4.72. The van der Waals surface area contributed by atoms with Crippen molar-refractivity contribution in [2.24, 2.45) is 0 Å². The first-order valence-corrected chi connectivity index (χ1v) is 8.84. The summed E-state index contributed by atoms with van der Waals surface area (Å²) in [6.07, 6.45) is 3.02. The molecule has 138 valence electrons. The molecule has 0 spiro atoms. The smallest absolute Gasteiger partial charge is 0.291 e. The molecule has 0 fully saturated rings. The molecule has 3 heterocycles. The fourth-order valence-electron chi connectivity index (χ4n) is 3.35. The van der Waals surface area contributed by atoms with Gasteiger partial charge in [0.15, 0.2) is 0 Å². The van der Waals surface area contributed by atoms with Crippen LogP contribution < -0.4 is 10.5 Å². The van der Waals surface area contributed by atoms with Crippen molar-refractivity contribution in [1.29, 1.82) is 0 Å². The summed E-state index contributed by atoms with van der Waals surface area (Å²) < 4.78 is 16.0. The normalized spacial score (nSPS) is 14.7. The van der Waals surface area contributed by atoms with Crippen molar-refractivity contribution < 1.29 is 9.50 Å². The summed E-state index contributed by atoms with van der Waals surface area (Å²) in [5.41, 5.74) is 0.603. The molecule has 3 aromatic rings. The van der Waals surface area contributed by atoms with Crippen LogP contribution >= 0.6 is 0 Å². The zero-order valence-electron chi connectivity index (χ0n) is 14.6. The maximum atomic E-state index is 14.6. The summed E-state index contributed by atoms with van der Waals surface area (Å²) in [4.78, 5) is 22.8. The zero-order valence-corrected chi connectivity index (χ0v) is 14.6. The van der Waals surface area contributed by atoms with Crippen molar-refractivity contribution in [3.05, 3.63) is 76.6 Å². The van der Waals surface area contributed by atoms with Gasteiger partial charge in [-0.05, 0) is 24.1 Å². The Morgan fingerprint density at radius 1 is 1.11 bits per heavy atom. The Morgan fingerprint density at radius 2 is 1.85 bits per heavy atom. The second-order valence-electron chi connectivity index (χ2n) is 6.49.